The van der Waals surface area contributed by atoms with Crippen molar-refractivity contribution >= 4 is 27.4 Å². The van der Waals surface area contributed by atoms with Crippen LogP contribution in [0.1, 0.15) is 24.5 Å². The van der Waals surface area contributed by atoms with Crippen LogP contribution in [-0.2, 0) is 0 Å². The number of rotatable bonds is 1. The van der Waals surface area contributed by atoms with E-state index in [-0.39, 0.29) is 5.56 Å². The second-order valence-corrected chi connectivity index (χ2v) is 4.59. The van der Waals surface area contributed by atoms with Crippen LogP contribution in [0.2, 0.25) is 0 Å². The van der Waals surface area contributed by atoms with E-state index in [4.69, 9.17) is 5.73 Å². The topological polar surface area (TPSA) is 76.2 Å². The van der Waals surface area contributed by atoms with Crippen molar-refractivity contribution in [1.29, 1.82) is 0 Å². The number of aromatic amines is 1. The van der Waals surface area contributed by atoms with Gasteiger partial charge in [-0.05, 0) is 28.8 Å². The normalized spacial score (nSPS) is 16.1. The van der Waals surface area contributed by atoms with E-state index in [1.165, 1.54) is 6.07 Å². The van der Waals surface area contributed by atoms with Gasteiger partial charge in [0.1, 0.15) is 5.82 Å². The van der Waals surface area contributed by atoms with Gasteiger partial charge >= 0.3 is 0 Å². The van der Waals surface area contributed by atoms with Gasteiger partial charge in [-0.15, -0.1) is 0 Å². The van der Waals surface area contributed by atoms with Gasteiger partial charge in [-0.1, -0.05) is 0 Å². The summed E-state index contributed by atoms with van der Waals surface area (Å²) in [6.45, 7) is 0. The first-order valence-electron chi connectivity index (χ1n) is 4.74. The average Bonchev–Trinajstić information content (AvgIpc) is 2.94. The Kier molecular flexibility index (Phi) is 1.70. The Labute approximate surface area is 93.4 Å². The quantitative estimate of drug-likeness (QED) is 0.817. The van der Waals surface area contributed by atoms with Gasteiger partial charge in [0.05, 0.1) is 10.2 Å². The summed E-state index contributed by atoms with van der Waals surface area (Å²) in [5.74, 6) is 0.878. The number of hydrogen-bond acceptors (Lipinski definition) is 3. The number of H-pyrrole nitrogens is 1. The summed E-state index contributed by atoms with van der Waals surface area (Å²) in [5, 5.41) is 4.39. The fourth-order valence-corrected chi connectivity index (χ4v) is 2.35. The number of nitrogens with zero attached hydrogens (tertiary/aromatic N) is 2. The van der Waals surface area contributed by atoms with Gasteiger partial charge in [0.15, 0.2) is 5.65 Å². The van der Waals surface area contributed by atoms with Crippen molar-refractivity contribution in [2.75, 3.05) is 5.73 Å². The van der Waals surface area contributed by atoms with E-state index < -0.39 is 0 Å². The lowest BCUT2D eigenvalue weighted by Gasteiger charge is -1.96. The molecule has 2 aromatic rings. The van der Waals surface area contributed by atoms with E-state index in [2.05, 4.69) is 26.0 Å². The Balaban J connectivity index is 2.39. The number of nitrogens with two attached hydrogens (primary N) is 1. The van der Waals surface area contributed by atoms with Crippen molar-refractivity contribution < 1.29 is 0 Å². The zero-order valence-electron chi connectivity index (χ0n) is 7.83. The van der Waals surface area contributed by atoms with Crippen molar-refractivity contribution in [3.63, 3.8) is 0 Å². The summed E-state index contributed by atoms with van der Waals surface area (Å²) in [6, 6.07) is 1.34. The SMILES string of the molecule is Nc1cc(=O)[nH]c2c(Br)c(C3CC3)nn12. The van der Waals surface area contributed by atoms with Gasteiger partial charge in [-0.2, -0.15) is 9.61 Å². The molecule has 6 heteroatoms. The number of aromatic nitrogens is 3. The third kappa shape index (κ3) is 1.28. The molecule has 1 aliphatic carbocycles. The van der Waals surface area contributed by atoms with Crippen LogP contribution >= 0.6 is 15.9 Å². The Morgan fingerprint density at radius 1 is 1.60 bits per heavy atom. The number of hydrogen-bond donors (Lipinski definition) is 2. The molecule has 78 valence electrons. The molecule has 1 fully saturated rings. The van der Waals surface area contributed by atoms with Crippen molar-refractivity contribution in [3.05, 3.63) is 26.6 Å². The molecule has 0 aliphatic heterocycles. The highest BCUT2D eigenvalue weighted by Crippen LogP contribution is 2.43. The van der Waals surface area contributed by atoms with Crippen LogP contribution < -0.4 is 11.3 Å². The van der Waals surface area contributed by atoms with Gasteiger partial charge in [0.25, 0.3) is 5.56 Å². The monoisotopic (exact) mass is 268 g/mol. The van der Waals surface area contributed by atoms with Crippen molar-refractivity contribution in [3.8, 4) is 0 Å². The molecule has 0 unspecified atom stereocenters. The minimum Gasteiger partial charge on any atom is -0.383 e. The van der Waals surface area contributed by atoms with Crippen LogP contribution in [0.15, 0.2) is 15.3 Å². The van der Waals surface area contributed by atoms with Crippen molar-refractivity contribution in [1.82, 2.24) is 14.6 Å². The van der Waals surface area contributed by atoms with Gasteiger partial charge in [-0.3, -0.25) is 4.79 Å². The molecule has 0 radical (unpaired) electrons. The molecule has 0 bridgehead atoms. The Hall–Kier alpha value is -1.30. The summed E-state index contributed by atoms with van der Waals surface area (Å²) in [5.41, 5.74) is 7.14. The van der Waals surface area contributed by atoms with Crippen molar-refractivity contribution in [2.45, 2.75) is 18.8 Å². The van der Waals surface area contributed by atoms with Crippen LogP contribution in [-0.4, -0.2) is 14.6 Å². The smallest absolute Gasteiger partial charge is 0.253 e. The minimum absolute atomic E-state index is 0.206. The first-order chi connectivity index (χ1) is 7.16. The number of anilines is 1. The van der Waals surface area contributed by atoms with E-state index in [1.807, 2.05) is 0 Å². The predicted octanol–water partition coefficient (Wildman–Crippen LogP) is 1.24. The molecule has 0 spiro atoms. The van der Waals surface area contributed by atoms with Crippen LogP contribution in [0.4, 0.5) is 5.82 Å². The molecule has 1 saturated carbocycles. The molecule has 0 aromatic carbocycles. The number of nitrogen functional groups attached to an aromatic ring is 1. The molecule has 1 aliphatic rings. The van der Waals surface area contributed by atoms with Gasteiger partial charge in [-0.25, -0.2) is 0 Å². The van der Waals surface area contributed by atoms with E-state index in [0.29, 0.717) is 17.4 Å². The molecule has 0 amide bonds. The average molecular weight is 269 g/mol. The summed E-state index contributed by atoms with van der Waals surface area (Å²) in [4.78, 5) is 14.0. The summed E-state index contributed by atoms with van der Waals surface area (Å²) in [7, 11) is 0. The first-order valence-corrected chi connectivity index (χ1v) is 5.53. The molecule has 2 aromatic heterocycles. The fourth-order valence-electron chi connectivity index (χ4n) is 1.68. The Morgan fingerprint density at radius 3 is 3.00 bits per heavy atom. The lowest BCUT2D eigenvalue weighted by molar-refractivity contribution is 0.886. The lowest BCUT2D eigenvalue weighted by atomic mass is 10.3. The first kappa shape index (κ1) is 8.96. The van der Waals surface area contributed by atoms with E-state index >= 15 is 0 Å². The van der Waals surface area contributed by atoms with Crippen LogP contribution in [0.25, 0.3) is 5.65 Å². The molecule has 0 saturated heterocycles. The molecule has 5 nitrogen and oxygen atoms in total. The maximum Gasteiger partial charge on any atom is 0.253 e. The largest absolute Gasteiger partial charge is 0.383 e. The maximum atomic E-state index is 11.3. The van der Waals surface area contributed by atoms with E-state index in [1.54, 1.807) is 4.52 Å². The highest BCUT2D eigenvalue weighted by Gasteiger charge is 2.30. The second kappa shape index (κ2) is 2.85. The third-order valence-electron chi connectivity index (χ3n) is 2.58. The summed E-state index contributed by atoms with van der Waals surface area (Å²) >= 11 is 3.45. The lowest BCUT2D eigenvalue weighted by Crippen LogP contribution is -2.11. The number of fused-ring (bicyclic) bond motifs is 1. The highest BCUT2D eigenvalue weighted by atomic mass is 79.9. The van der Waals surface area contributed by atoms with Gasteiger partial charge < -0.3 is 10.7 Å². The van der Waals surface area contributed by atoms with Gasteiger partial charge in [0.2, 0.25) is 0 Å². The predicted molar refractivity (Wildman–Crippen MR) is 59.9 cm³/mol. The zero-order valence-corrected chi connectivity index (χ0v) is 9.41. The molecule has 0 atom stereocenters. The van der Waals surface area contributed by atoms with Crippen molar-refractivity contribution in [2.24, 2.45) is 0 Å². The van der Waals surface area contributed by atoms with Crippen LogP contribution in [0.3, 0.4) is 0 Å². The van der Waals surface area contributed by atoms with Crippen LogP contribution in [0.5, 0.6) is 0 Å². The van der Waals surface area contributed by atoms with E-state index in [0.717, 1.165) is 23.0 Å². The van der Waals surface area contributed by atoms with E-state index in [9.17, 15) is 4.79 Å². The molecule has 15 heavy (non-hydrogen) atoms. The van der Waals surface area contributed by atoms with Gasteiger partial charge in [0, 0.05) is 12.0 Å². The summed E-state index contributed by atoms with van der Waals surface area (Å²) < 4.78 is 2.42. The molecular weight excluding hydrogens is 260 g/mol. The standard InChI is InChI=1S/C9H9BrN4O/c10-7-8(4-1-2-4)13-14-5(11)3-6(15)12-9(7)14/h3-4H,1-2,11H2,(H,12,15). The highest BCUT2D eigenvalue weighted by molar-refractivity contribution is 9.10. The second-order valence-electron chi connectivity index (χ2n) is 3.79. The minimum atomic E-state index is -0.206. The zero-order chi connectivity index (χ0) is 10.6. The molecule has 2 heterocycles. The summed E-state index contributed by atoms with van der Waals surface area (Å²) in [6.07, 6.45) is 2.32. The number of halogens is 1. The maximum absolute atomic E-state index is 11.3. The molecule has 3 N–H and O–H groups in total. The third-order valence-corrected chi connectivity index (χ3v) is 3.36. The molecule has 3 rings (SSSR count). The number of nitrogens with one attached hydrogen (secondary N) is 1. The Bertz CT molecular complexity index is 596. The van der Waals surface area contributed by atoms with Crippen LogP contribution in [0, 0.1) is 0 Å². The molecular formula is C9H9BrN4O. The Morgan fingerprint density at radius 2 is 2.33 bits per heavy atom. The fraction of sp³-hybridized carbons (Fsp3) is 0.333.